The number of hydrogen-bond acceptors (Lipinski definition) is 5. The molecular formula is C14H22N4O2. The van der Waals surface area contributed by atoms with Crippen molar-refractivity contribution in [1.29, 1.82) is 0 Å². The topological polar surface area (TPSA) is 61.6 Å². The number of anilines is 1. The number of benzene rings is 1. The number of piperazine rings is 1. The third kappa shape index (κ3) is 3.46. The smallest absolute Gasteiger partial charge is 0.274 e. The molecule has 1 fully saturated rings. The maximum absolute atomic E-state index is 11.0. The highest BCUT2D eigenvalue weighted by molar-refractivity contribution is 5.61. The van der Waals surface area contributed by atoms with Gasteiger partial charge in [-0.05, 0) is 13.0 Å². The molecule has 1 aromatic carbocycles. The summed E-state index contributed by atoms with van der Waals surface area (Å²) in [6.07, 6.45) is 0. The number of rotatable bonds is 5. The number of nitro groups is 1. The molecule has 2 rings (SSSR count). The van der Waals surface area contributed by atoms with E-state index in [1.54, 1.807) is 12.1 Å². The van der Waals surface area contributed by atoms with Gasteiger partial charge in [0.2, 0.25) is 0 Å². The number of likely N-dealkylation sites (N-methyl/N-ethyl adjacent to an activating group) is 1. The van der Waals surface area contributed by atoms with Gasteiger partial charge in [-0.3, -0.25) is 15.0 Å². The van der Waals surface area contributed by atoms with Gasteiger partial charge in [0.05, 0.1) is 4.92 Å². The maximum Gasteiger partial charge on any atom is 0.274 e. The largest absolute Gasteiger partial charge is 0.373 e. The molecule has 1 heterocycles. The van der Waals surface area contributed by atoms with Crippen LogP contribution in [0, 0.1) is 17.0 Å². The molecule has 0 atom stereocenters. The zero-order valence-corrected chi connectivity index (χ0v) is 12.1. The summed E-state index contributed by atoms with van der Waals surface area (Å²) in [7, 11) is 1.99. The van der Waals surface area contributed by atoms with Gasteiger partial charge in [0.15, 0.2) is 0 Å². The van der Waals surface area contributed by atoms with E-state index in [0.717, 1.165) is 50.5 Å². The quantitative estimate of drug-likeness (QED) is 0.648. The minimum Gasteiger partial charge on any atom is -0.373 e. The Morgan fingerprint density at radius 1 is 1.40 bits per heavy atom. The molecule has 1 aromatic rings. The molecule has 110 valence electrons. The average molecular weight is 278 g/mol. The van der Waals surface area contributed by atoms with Crippen molar-refractivity contribution in [3.8, 4) is 0 Å². The summed E-state index contributed by atoms with van der Waals surface area (Å²) < 4.78 is 0. The highest BCUT2D eigenvalue weighted by atomic mass is 16.6. The van der Waals surface area contributed by atoms with Gasteiger partial charge < -0.3 is 10.2 Å². The summed E-state index contributed by atoms with van der Waals surface area (Å²) in [5.74, 6) is 0. The molecule has 1 saturated heterocycles. The monoisotopic (exact) mass is 278 g/mol. The summed E-state index contributed by atoms with van der Waals surface area (Å²) in [4.78, 5) is 15.2. The van der Waals surface area contributed by atoms with Crippen LogP contribution in [0.2, 0.25) is 0 Å². The fraction of sp³-hybridized carbons (Fsp3) is 0.571. The van der Waals surface area contributed by atoms with Crippen molar-refractivity contribution in [3.05, 3.63) is 33.9 Å². The molecule has 0 saturated carbocycles. The highest BCUT2D eigenvalue weighted by Crippen LogP contribution is 2.27. The van der Waals surface area contributed by atoms with E-state index in [9.17, 15) is 10.1 Å². The van der Waals surface area contributed by atoms with Crippen LogP contribution in [0.15, 0.2) is 18.2 Å². The van der Waals surface area contributed by atoms with Crippen LogP contribution in [0.3, 0.4) is 0 Å². The number of hydrogen-bond donors (Lipinski definition) is 1. The Hall–Kier alpha value is -1.66. The lowest BCUT2D eigenvalue weighted by Crippen LogP contribution is -2.46. The summed E-state index contributed by atoms with van der Waals surface area (Å²) in [5, 5.41) is 14.3. The molecule has 0 bridgehead atoms. The van der Waals surface area contributed by atoms with E-state index in [4.69, 9.17) is 0 Å². The number of nitrogens with zero attached hydrogens (tertiary/aromatic N) is 3. The first-order valence-corrected chi connectivity index (χ1v) is 6.98. The molecule has 1 N–H and O–H groups in total. The maximum atomic E-state index is 11.0. The van der Waals surface area contributed by atoms with Crippen molar-refractivity contribution >= 4 is 11.4 Å². The van der Waals surface area contributed by atoms with Gasteiger partial charge in [0.25, 0.3) is 5.69 Å². The lowest BCUT2D eigenvalue weighted by atomic mass is 10.1. The van der Waals surface area contributed by atoms with Crippen LogP contribution in [0.25, 0.3) is 0 Å². The molecule has 20 heavy (non-hydrogen) atoms. The van der Waals surface area contributed by atoms with Gasteiger partial charge >= 0.3 is 0 Å². The van der Waals surface area contributed by atoms with Crippen molar-refractivity contribution in [2.24, 2.45) is 0 Å². The second-order valence-electron chi connectivity index (χ2n) is 5.19. The van der Waals surface area contributed by atoms with E-state index in [1.807, 2.05) is 20.0 Å². The Balaban J connectivity index is 1.99. The van der Waals surface area contributed by atoms with Crippen LogP contribution >= 0.6 is 0 Å². The van der Waals surface area contributed by atoms with Gasteiger partial charge in [-0.2, -0.15) is 0 Å². The van der Waals surface area contributed by atoms with E-state index in [-0.39, 0.29) is 10.6 Å². The predicted octanol–water partition coefficient (Wildman–Crippen LogP) is 1.24. The normalized spacial score (nSPS) is 16.1. The van der Waals surface area contributed by atoms with Gasteiger partial charge in [-0.25, -0.2) is 0 Å². The molecule has 1 aliphatic heterocycles. The van der Waals surface area contributed by atoms with E-state index in [0.29, 0.717) is 0 Å². The third-order valence-corrected chi connectivity index (χ3v) is 3.85. The molecule has 0 amide bonds. The summed E-state index contributed by atoms with van der Waals surface area (Å²) in [6.45, 7) is 7.90. The minimum absolute atomic E-state index is 0.191. The van der Waals surface area contributed by atoms with Crippen LogP contribution in [0.5, 0.6) is 0 Å². The number of nitrogens with one attached hydrogen (secondary N) is 1. The lowest BCUT2D eigenvalue weighted by molar-refractivity contribution is -0.385. The first-order chi connectivity index (χ1) is 9.59. The van der Waals surface area contributed by atoms with E-state index in [2.05, 4.69) is 15.1 Å². The van der Waals surface area contributed by atoms with Crippen LogP contribution in [-0.4, -0.2) is 56.1 Å². The average Bonchev–Trinajstić information content (AvgIpc) is 2.46. The van der Waals surface area contributed by atoms with Crippen LogP contribution in [0.1, 0.15) is 5.56 Å². The van der Waals surface area contributed by atoms with Gasteiger partial charge in [-0.15, -0.1) is 0 Å². The van der Waals surface area contributed by atoms with E-state index < -0.39 is 0 Å². The zero-order valence-electron chi connectivity index (χ0n) is 12.1. The molecule has 0 unspecified atom stereocenters. The molecule has 0 spiro atoms. The summed E-state index contributed by atoms with van der Waals surface area (Å²) in [5.41, 5.74) is 1.87. The lowest BCUT2D eigenvalue weighted by Gasteiger charge is -2.30. The molecule has 1 aliphatic rings. The van der Waals surface area contributed by atoms with Crippen molar-refractivity contribution in [1.82, 2.24) is 10.2 Å². The van der Waals surface area contributed by atoms with Crippen LogP contribution < -0.4 is 10.2 Å². The summed E-state index contributed by atoms with van der Waals surface area (Å²) >= 11 is 0. The molecular weight excluding hydrogens is 256 g/mol. The first kappa shape index (κ1) is 14.7. The first-order valence-electron chi connectivity index (χ1n) is 6.98. The van der Waals surface area contributed by atoms with Gasteiger partial charge in [-0.1, -0.05) is 6.07 Å². The Labute approximate surface area is 119 Å². The van der Waals surface area contributed by atoms with Gasteiger partial charge in [0, 0.05) is 63.6 Å². The predicted molar refractivity (Wildman–Crippen MR) is 80.4 cm³/mol. The Bertz CT molecular complexity index is 472. The fourth-order valence-corrected chi connectivity index (χ4v) is 2.57. The Morgan fingerprint density at radius 2 is 2.10 bits per heavy atom. The zero-order chi connectivity index (χ0) is 14.5. The summed E-state index contributed by atoms with van der Waals surface area (Å²) in [6, 6.07) is 5.25. The second kappa shape index (κ2) is 6.67. The van der Waals surface area contributed by atoms with E-state index in [1.165, 1.54) is 0 Å². The molecule has 0 aliphatic carbocycles. The Morgan fingerprint density at radius 3 is 2.75 bits per heavy atom. The van der Waals surface area contributed by atoms with Crippen molar-refractivity contribution in [3.63, 3.8) is 0 Å². The second-order valence-corrected chi connectivity index (χ2v) is 5.19. The Kier molecular flexibility index (Phi) is 4.92. The van der Waals surface area contributed by atoms with E-state index >= 15 is 0 Å². The van der Waals surface area contributed by atoms with Crippen molar-refractivity contribution in [2.75, 3.05) is 51.2 Å². The van der Waals surface area contributed by atoms with Crippen LogP contribution in [-0.2, 0) is 0 Å². The molecule has 0 radical (unpaired) electrons. The third-order valence-electron chi connectivity index (χ3n) is 3.85. The molecule has 6 nitrogen and oxygen atoms in total. The van der Waals surface area contributed by atoms with Gasteiger partial charge in [0.1, 0.15) is 0 Å². The van der Waals surface area contributed by atoms with Crippen LogP contribution in [0.4, 0.5) is 11.4 Å². The molecule has 6 heteroatoms. The number of nitro benzene ring substituents is 1. The van der Waals surface area contributed by atoms with Crippen molar-refractivity contribution < 1.29 is 4.92 Å². The fourth-order valence-electron chi connectivity index (χ4n) is 2.57. The van der Waals surface area contributed by atoms with Crippen molar-refractivity contribution in [2.45, 2.75) is 6.92 Å². The standard InChI is InChI=1S/C14H22N4O2/c1-12-13(4-3-5-14(12)18(19)20)16(2)10-11-17-8-6-15-7-9-17/h3-5,15H,6-11H2,1-2H3. The minimum atomic E-state index is -0.316. The highest BCUT2D eigenvalue weighted by Gasteiger charge is 2.16. The SMILES string of the molecule is Cc1c(N(C)CCN2CCNCC2)cccc1[N+](=O)[O-]. The molecule has 0 aromatic heterocycles.